The maximum atomic E-state index is 12.4. The van der Waals surface area contributed by atoms with Gasteiger partial charge in [0.25, 0.3) is 0 Å². The first kappa shape index (κ1) is 14.8. The molecule has 20 heavy (non-hydrogen) atoms. The van der Waals surface area contributed by atoms with Crippen LogP contribution in [0.5, 0.6) is 0 Å². The smallest absolute Gasteiger partial charge is 0.242 e. The second-order valence-corrected chi connectivity index (χ2v) is 8.51. The first-order valence-corrected chi connectivity index (χ1v) is 9.33. The van der Waals surface area contributed by atoms with Crippen LogP contribution in [0.1, 0.15) is 25.7 Å². The zero-order chi connectivity index (χ0) is 14.3. The Morgan fingerprint density at radius 1 is 1.25 bits per heavy atom. The van der Waals surface area contributed by atoms with Crippen LogP contribution in [-0.2, 0) is 10.0 Å². The number of fused-ring (bicyclic) bond motifs is 2. The molecular formula is C13H16BrClN2O2S. The molecule has 2 saturated heterocycles. The second kappa shape index (κ2) is 5.57. The van der Waals surface area contributed by atoms with E-state index in [-0.39, 0.29) is 16.0 Å². The standard InChI is InChI=1S/C13H16BrClN2O2S/c14-8-1-4-13(12(15)5-8)20(18,19)17-11-6-9-2-3-10(7-11)16-9/h1,4-5,9-11,16-17H,2-3,6-7H2. The molecule has 7 heteroatoms. The summed E-state index contributed by atoms with van der Waals surface area (Å²) in [6.07, 6.45) is 3.98. The van der Waals surface area contributed by atoms with Crippen molar-refractivity contribution in [1.82, 2.24) is 10.0 Å². The van der Waals surface area contributed by atoms with E-state index >= 15 is 0 Å². The molecule has 1 aromatic carbocycles. The monoisotopic (exact) mass is 378 g/mol. The molecule has 2 heterocycles. The number of rotatable bonds is 3. The van der Waals surface area contributed by atoms with E-state index in [9.17, 15) is 8.42 Å². The third-order valence-corrected chi connectivity index (χ3v) is 6.48. The summed E-state index contributed by atoms with van der Waals surface area (Å²) in [5.41, 5.74) is 0. The molecule has 2 bridgehead atoms. The number of benzene rings is 1. The summed E-state index contributed by atoms with van der Waals surface area (Å²) in [7, 11) is -3.56. The van der Waals surface area contributed by atoms with Gasteiger partial charge in [0.2, 0.25) is 10.0 Å². The van der Waals surface area contributed by atoms with Crippen LogP contribution in [0, 0.1) is 0 Å². The summed E-state index contributed by atoms with van der Waals surface area (Å²) in [5.74, 6) is 0. The van der Waals surface area contributed by atoms with Crippen molar-refractivity contribution in [1.29, 1.82) is 0 Å². The van der Waals surface area contributed by atoms with Crippen LogP contribution in [0.25, 0.3) is 0 Å². The highest BCUT2D eigenvalue weighted by Crippen LogP contribution is 2.29. The summed E-state index contributed by atoms with van der Waals surface area (Å²) in [4.78, 5) is 0.147. The lowest BCUT2D eigenvalue weighted by atomic mass is 10.0. The lowest BCUT2D eigenvalue weighted by Gasteiger charge is -2.29. The molecule has 3 rings (SSSR count). The molecule has 0 spiro atoms. The predicted molar refractivity (Wildman–Crippen MR) is 82.4 cm³/mol. The van der Waals surface area contributed by atoms with Gasteiger partial charge in [0, 0.05) is 22.6 Å². The summed E-state index contributed by atoms with van der Waals surface area (Å²) < 4.78 is 28.4. The van der Waals surface area contributed by atoms with Gasteiger partial charge in [0.05, 0.1) is 5.02 Å². The Bertz CT molecular complexity index is 611. The topological polar surface area (TPSA) is 58.2 Å². The van der Waals surface area contributed by atoms with Crippen molar-refractivity contribution in [3.63, 3.8) is 0 Å². The van der Waals surface area contributed by atoms with E-state index in [1.165, 1.54) is 6.07 Å². The molecule has 110 valence electrons. The fourth-order valence-electron chi connectivity index (χ4n) is 3.13. The SMILES string of the molecule is O=S(=O)(NC1CC2CCC(C1)N2)c1ccc(Br)cc1Cl. The summed E-state index contributed by atoms with van der Waals surface area (Å²) in [6, 6.07) is 5.71. The first-order valence-electron chi connectivity index (χ1n) is 6.67. The number of sulfonamides is 1. The predicted octanol–water partition coefficient (Wildman–Crippen LogP) is 2.66. The third-order valence-electron chi connectivity index (χ3n) is 3.98. The van der Waals surface area contributed by atoms with E-state index in [1.807, 2.05) is 0 Å². The normalized spacial score (nSPS) is 29.6. The van der Waals surface area contributed by atoms with Crippen LogP contribution >= 0.6 is 27.5 Å². The van der Waals surface area contributed by atoms with E-state index in [0.717, 1.165) is 30.2 Å². The Balaban J connectivity index is 1.78. The quantitative estimate of drug-likeness (QED) is 0.849. The molecule has 2 unspecified atom stereocenters. The van der Waals surface area contributed by atoms with Gasteiger partial charge in [-0.3, -0.25) is 0 Å². The molecule has 2 atom stereocenters. The van der Waals surface area contributed by atoms with Crippen molar-refractivity contribution < 1.29 is 8.42 Å². The fraction of sp³-hybridized carbons (Fsp3) is 0.538. The van der Waals surface area contributed by atoms with Crippen LogP contribution in [0.15, 0.2) is 27.6 Å². The van der Waals surface area contributed by atoms with Crippen LogP contribution in [0.2, 0.25) is 5.02 Å². The zero-order valence-corrected chi connectivity index (χ0v) is 13.9. The van der Waals surface area contributed by atoms with Crippen LogP contribution in [0.4, 0.5) is 0 Å². The Morgan fingerprint density at radius 3 is 2.50 bits per heavy atom. The molecular weight excluding hydrogens is 364 g/mol. The molecule has 0 amide bonds. The Kier molecular flexibility index (Phi) is 4.12. The lowest BCUT2D eigenvalue weighted by Crippen LogP contribution is -2.47. The molecule has 2 N–H and O–H groups in total. The van der Waals surface area contributed by atoms with E-state index in [4.69, 9.17) is 11.6 Å². The number of hydrogen-bond donors (Lipinski definition) is 2. The molecule has 0 radical (unpaired) electrons. The van der Waals surface area contributed by atoms with Gasteiger partial charge in [-0.15, -0.1) is 0 Å². The molecule has 4 nitrogen and oxygen atoms in total. The Morgan fingerprint density at radius 2 is 1.90 bits per heavy atom. The van der Waals surface area contributed by atoms with Crippen molar-refractivity contribution in [2.45, 2.75) is 48.7 Å². The van der Waals surface area contributed by atoms with E-state index in [2.05, 4.69) is 26.0 Å². The highest BCUT2D eigenvalue weighted by molar-refractivity contribution is 9.10. The number of nitrogens with one attached hydrogen (secondary N) is 2. The molecule has 0 aromatic heterocycles. The first-order chi connectivity index (χ1) is 9.44. The zero-order valence-electron chi connectivity index (χ0n) is 10.8. The van der Waals surface area contributed by atoms with Gasteiger partial charge in [-0.1, -0.05) is 27.5 Å². The minimum absolute atomic E-state index is 0.00142. The van der Waals surface area contributed by atoms with Crippen molar-refractivity contribution in [2.75, 3.05) is 0 Å². The van der Waals surface area contributed by atoms with Crippen LogP contribution < -0.4 is 10.0 Å². The lowest BCUT2D eigenvalue weighted by molar-refractivity contribution is 0.345. The minimum atomic E-state index is -3.56. The van der Waals surface area contributed by atoms with Gasteiger partial charge in [-0.05, 0) is 43.9 Å². The number of hydrogen-bond acceptors (Lipinski definition) is 3. The number of halogens is 2. The minimum Gasteiger partial charge on any atom is -0.311 e. The average Bonchev–Trinajstić information content (AvgIpc) is 2.67. The molecule has 2 fully saturated rings. The Labute approximate surface area is 132 Å². The van der Waals surface area contributed by atoms with Gasteiger partial charge in [-0.25, -0.2) is 13.1 Å². The molecule has 2 aliphatic rings. The summed E-state index contributed by atoms with van der Waals surface area (Å²) >= 11 is 9.32. The van der Waals surface area contributed by atoms with Crippen molar-refractivity contribution in [3.8, 4) is 0 Å². The fourth-order valence-corrected chi connectivity index (χ4v) is 5.43. The van der Waals surface area contributed by atoms with Crippen LogP contribution in [0.3, 0.4) is 0 Å². The van der Waals surface area contributed by atoms with Crippen molar-refractivity contribution >= 4 is 37.6 Å². The highest BCUT2D eigenvalue weighted by Gasteiger charge is 2.35. The largest absolute Gasteiger partial charge is 0.311 e. The molecule has 0 aliphatic carbocycles. The van der Waals surface area contributed by atoms with Crippen LogP contribution in [-0.4, -0.2) is 26.5 Å². The van der Waals surface area contributed by atoms with Gasteiger partial charge in [0.15, 0.2) is 0 Å². The second-order valence-electron chi connectivity index (χ2n) is 5.50. The average molecular weight is 380 g/mol. The highest BCUT2D eigenvalue weighted by atomic mass is 79.9. The van der Waals surface area contributed by atoms with E-state index < -0.39 is 10.0 Å². The maximum absolute atomic E-state index is 12.4. The van der Waals surface area contributed by atoms with Gasteiger partial charge in [0.1, 0.15) is 4.90 Å². The van der Waals surface area contributed by atoms with E-state index in [1.54, 1.807) is 12.1 Å². The number of piperidine rings is 1. The van der Waals surface area contributed by atoms with Crippen molar-refractivity contribution in [3.05, 3.63) is 27.7 Å². The van der Waals surface area contributed by atoms with Gasteiger partial charge < -0.3 is 5.32 Å². The summed E-state index contributed by atoms with van der Waals surface area (Å²) in [6.45, 7) is 0. The van der Waals surface area contributed by atoms with Gasteiger partial charge in [-0.2, -0.15) is 0 Å². The molecule has 0 saturated carbocycles. The molecule has 1 aromatic rings. The van der Waals surface area contributed by atoms with E-state index in [0.29, 0.717) is 12.1 Å². The third kappa shape index (κ3) is 3.04. The van der Waals surface area contributed by atoms with Crippen molar-refractivity contribution in [2.24, 2.45) is 0 Å². The summed E-state index contributed by atoms with van der Waals surface area (Å²) in [5, 5.41) is 3.74. The Hall–Kier alpha value is -0.140. The molecule has 2 aliphatic heterocycles. The maximum Gasteiger partial charge on any atom is 0.242 e. The van der Waals surface area contributed by atoms with Gasteiger partial charge >= 0.3 is 0 Å².